The highest BCUT2D eigenvalue weighted by Crippen LogP contribution is 2.08. The summed E-state index contributed by atoms with van der Waals surface area (Å²) in [6, 6.07) is 2.11. The van der Waals surface area contributed by atoms with Crippen molar-refractivity contribution in [1.82, 2.24) is 24.7 Å². The summed E-state index contributed by atoms with van der Waals surface area (Å²) < 4.78 is 1.71. The summed E-state index contributed by atoms with van der Waals surface area (Å²) in [5, 5.41) is 7.45. The summed E-state index contributed by atoms with van der Waals surface area (Å²) >= 11 is 0. The van der Waals surface area contributed by atoms with Crippen molar-refractivity contribution in [2.75, 3.05) is 5.32 Å². The van der Waals surface area contributed by atoms with E-state index in [2.05, 4.69) is 25.4 Å². The highest BCUT2D eigenvalue weighted by atomic mass is 15.4. The van der Waals surface area contributed by atoms with Crippen LogP contribution >= 0.6 is 0 Å². The van der Waals surface area contributed by atoms with Crippen molar-refractivity contribution in [1.29, 1.82) is 0 Å². The lowest BCUT2D eigenvalue weighted by Gasteiger charge is -2.09. The molecule has 2 rings (SSSR count). The molecule has 0 unspecified atom stereocenters. The molecule has 0 aliphatic heterocycles. The standard InChI is InChI=1S/C11H16N6/c1-7(2)13-11-12-6-5-10(15-11)17-9(4)14-8(3)16-17/h5-7H,1-4H3,(H,12,13,15). The van der Waals surface area contributed by atoms with Crippen molar-refractivity contribution in [3.8, 4) is 5.82 Å². The van der Waals surface area contributed by atoms with Crippen molar-refractivity contribution < 1.29 is 0 Å². The minimum Gasteiger partial charge on any atom is -0.352 e. The number of nitrogens with one attached hydrogen (secondary N) is 1. The topological polar surface area (TPSA) is 68.5 Å². The molecule has 0 amide bonds. The molecule has 17 heavy (non-hydrogen) atoms. The van der Waals surface area contributed by atoms with Crippen LogP contribution in [0, 0.1) is 13.8 Å². The van der Waals surface area contributed by atoms with Crippen molar-refractivity contribution in [2.45, 2.75) is 33.7 Å². The van der Waals surface area contributed by atoms with Gasteiger partial charge in [-0.25, -0.2) is 9.97 Å². The second kappa shape index (κ2) is 4.48. The second-order valence-corrected chi connectivity index (χ2v) is 4.16. The Morgan fingerprint density at radius 3 is 2.59 bits per heavy atom. The Labute approximate surface area is 100 Å². The van der Waals surface area contributed by atoms with E-state index in [1.807, 2.05) is 33.8 Å². The summed E-state index contributed by atoms with van der Waals surface area (Å²) in [6.07, 6.45) is 1.71. The lowest BCUT2D eigenvalue weighted by molar-refractivity contribution is 0.792. The fourth-order valence-corrected chi connectivity index (χ4v) is 1.53. The average Bonchev–Trinajstić information content (AvgIpc) is 2.57. The maximum Gasteiger partial charge on any atom is 0.224 e. The van der Waals surface area contributed by atoms with Crippen molar-refractivity contribution in [2.24, 2.45) is 0 Å². The molecule has 0 bridgehead atoms. The molecule has 0 fully saturated rings. The van der Waals surface area contributed by atoms with Gasteiger partial charge < -0.3 is 5.32 Å². The molecule has 0 aromatic carbocycles. The van der Waals surface area contributed by atoms with Crippen LogP contribution in [-0.2, 0) is 0 Å². The predicted octanol–water partition coefficient (Wildman–Crippen LogP) is 1.49. The minimum absolute atomic E-state index is 0.295. The Balaban J connectivity index is 2.36. The number of hydrogen-bond donors (Lipinski definition) is 1. The van der Waals surface area contributed by atoms with E-state index in [1.165, 1.54) is 0 Å². The van der Waals surface area contributed by atoms with E-state index in [0.717, 1.165) is 17.5 Å². The zero-order valence-electron chi connectivity index (χ0n) is 10.5. The summed E-state index contributed by atoms with van der Waals surface area (Å²) in [5.74, 6) is 2.88. The van der Waals surface area contributed by atoms with E-state index < -0.39 is 0 Å². The van der Waals surface area contributed by atoms with Gasteiger partial charge in [-0.05, 0) is 27.7 Å². The molecule has 0 atom stereocenters. The van der Waals surface area contributed by atoms with Gasteiger partial charge in [0.1, 0.15) is 11.6 Å². The molecular weight excluding hydrogens is 216 g/mol. The Kier molecular flexibility index (Phi) is 3.03. The maximum atomic E-state index is 4.40. The van der Waals surface area contributed by atoms with Gasteiger partial charge in [0.05, 0.1) is 0 Å². The lowest BCUT2D eigenvalue weighted by Crippen LogP contribution is -2.14. The predicted molar refractivity (Wildman–Crippen MR) is 65.2 cm³/mol. The minimum atomic E-state index is 0.295. The Bertz CT molecular complexity index is 516. The highest BCUT2D eigenvalue weighted by Gasteiger charge is 2.07. The molecule has 0 radical (unpaired) electrons. The third-order valence-electron chi connectivity index (χ3n) is 2.15. The van der Waals surface area contributed by atoms with Crippen LogP contribution in [-0.4, -0.2) is 30.8 Å². The lowest BCUT2D eigenvalue weighted by atomic mass is 10.4. The molecule has 90 valence electrons. The molecule has 0 saturated heterocycles. The number of anilines is 1. The Hall–Kier alpha value is -1.98. The molecule has 0 aliphatic carbocycles. The van der Waals surface area contributed by atoms with E-state index in [0.29, 0.717) is 12.0 Å². The van der Waals surface area contributed by atoms with Crippen LogP contribution in [0.25, 0.3) is 5.82 Å². The van der Waals surface area contributed by atoms with Crippen molar-refractivity contribution >= 4 is 5.95 Å². The van der Waals surface area contributed by atoms with Crippen LogP contribution in [0.1, 0.15) is 25.5 Å². The highest BCUT2D eigenvalue weighted by molar-refractivity contribution is 5.32. The first-order valence-corrected chi connectivity index (χ1v) is 5.56. The molecule has 1 N–H and O–H groups in total. The van der Waals surface area contributed by atoms with Crippen LogP contribution in [0.2, 0.25) is 0 Å². The van der Waals surface area contributed by atoms with E-state index in [9.17, 15) is 0 Å². The number of rotatable bonds is 3. The number of hydrogen-bond acceptors (Lipinski definition) is 5. The van der Waals surface area contributed by atoms with Crippen molar-refractivity contribution in [3.63, 3.8) is 0 Å². The van der Waals surface area contributed by atoms with Crippen LogP contribution < -0.4 is 5.32 Å². The first kappa shape index (κ1) is 11.5. The Morgan fingerprint density at radius 2 is 2.00 bits per heavy atom. The third kappa shape index (κ3) is 2.58. The van der Waals surface area contributed by atoms with Crippen LogP contribution in [0.15, 0.2) is 12.3 Å². The van der Waals surface area contributed by atoms with E-state index in [1.54, 1.807) is 10.9 Å². The van der Waals surface area contributed by atoms with Gasteiger partial charge in [0.2, 0.25) is 5.95 Å². The maximum absolute atomic E-state index is 4.40. The third-order valence-corrected chi connectivity index (χ3v) is 2.15. The largest absolute Gasteiger partial charge is 0.352 e. The normalized spacial score (nSPS) is 10.9. The van der Waals surface area contributed by atoms with E-state index in [-0.39, 0.29) is 0 Å². The second-order valence-electron chi connectivity index (χ2n) is 4.16. The SMILES string of the molecule is Cc1nc(C)n(-c2ccnc(NC(C)C)n2)n1. The molecule has 0 saturated carbocycles. The molecule has 0 spiro atoms. The molecule has 2 aromatic rings. The molecule has 2 aromatic heterocycles. The van der Waals surface area contributed by atoms with Gasteiger partial charge in [0.25, 0.3) is 0 Å². The number of aryl methyl sites for hydroxylation is 2. The Morgan fingerprint density at radius 1 is 1.24 bits per heavy atom. The van der Waals surface area contributed by atoms with E-state index in [4.69, 9.17) is 0 Å². The molecule has 6 heteroatoms. The average molecular weight is 232 g/mol. The van der Waals surface area contributed by atoms with Crippen LogP contribution in [0.3, 0.4) is 0 Å². The quantitative estimate of drug-likeness (QED) is 0.868. The summed E-state index contributed by atoms with van der Waals surface area (Å²) in [6.45, 7) is 7.84. The number of aromatic nitrogens is 5. The first-order valence-electron chi connectivity index (χ1n) is 5.56. The fourth-order valence-electron chi connectivity index (χ4n) is 1.53. The molecular formula is C11H16N6. The van der Waals surface area contributed by atoms with Crippen LogP contribution in [0.4, 0.5) is 5.95 Å². The fraction of sp³-hybridized carbons (Fsp3) is 0.455. The van der Waals surface area contributed by atoms with E-state index >= 15 is 0 Å². The van der Waals surface area contributed by atoms with Gasteiger partial charge in [0, 0.05) is 18.3 Å². The van der Waals surface area contributed by atoms with Gasteiger partial charge in [-0.3, -0.25) is 0 Å². The summed E-state index contributed by atoms with van der Waals surface area (Å²) in [4.78, 5) is 12.8. The van der Waals surface area contributed by atoms with Gasteiger partial charge in [-0.1, -0.05) is 0 Å². The van der Waals surface area contributed by atoms with Gasteiger partial charge in [0.15, 0.2) is 5.82 Å². The zero-order chi connectivity index (χ0) is 12.4. The summed E-state index contributed by atoms with van der Waals surface area (Å²) in [5.41, 5.74) is 0. The number of nitrogens with zero attached hydrogens (tertiary/aromatic N) is 5. The molecule has 6 nitrogen and oxygen atoms in total. The van der Waals surface area contributed by atoms with Gasteiger partial charge in [-0.2, -0.15) is 9.67 Å². The van der Waals surface area contributed by atoms with Crippen LogP contribution in [0.5, 0.6) is 0 Å². The van der Waals surface area contributed by atoms with Gasteiger partial charge in [-0.15, -0.1) is 5.10 Å². The summed E-state index contributed by atoms with van der Waals surface area (Å²) in [7, 11) is 0. The smallest absolute Gasteiger partial charge is 0.224 e. The zero-order valence-corrected chi connectivity index (χ0v) is 10.5. The van der Waals surface area contributed by atoms with Crippen molar-refractivity contribution in [3.05, 3.63) is 23.9 Å². The molecule has 2 heterocycles. The first-order chi connectivity index (χ1) is 8.06. The monoisotopic (exact) mass is 232 g/mol. The van der Waals surface area contributed by atoms with Gasteiger partial charge >= 0.3 is 0 Å². The molecule has 0 aliphatic rings.